The van der Waals surface area contributed by atoms with Gasteiger partial charge in [-0.3, -0.25) is 4.79 Å². The number of halogens is 1. The summed E-state index contributed by atoms with van der Waals surface area (Å²) in [6.45, 7) is 8.67. The number of imidazole rings is 1. The van der Waals surface area contributed by atoms with Crippen LogP contribution in [-0.4, -0.2) is 50.7 Å². The van der Waals surface area contributed by atoms with E-state index in [1.165, 1.54) is 11.3 Å². The molecule has 1 aromatic carbocycles. The largest absolute Gasteiger partial charge is 0.355 e. The number of aromatic nitrogens is 3. The lowest BCUT2D eigenvalue weighted by molar-refractivity contribution is 0.0891. The van der Waals surface area contributed by atoms with Crippen LogP contribution in [0.5, 0.6) is 0 Å². The zero-order valence-electron chi connectivity index (χ0n) is 20.7. The minimum atomic E-state index is -0.0982. The fourth-order valence-electron chi connectivity index (χ4n) is 4.75. The van der Waals surface area contributed by atoms with E-state index in [9.17, 15) is 4.79 Å². The van der Waals surface area contributed by atoms with Crippen LogP contribution in [0.15, 0.2) is 53.1 Å². The number of nitrogens with one attached hydrogen (secondary N) is 1. The molecule has 188 valence electrons. The first-order chi connectivity index (χ1) is 17.4. The standard InChI is InChI=1S/C27H30ClN5O2S/c1-17(2)32-13-11-20(12-14-32)30-27(34)25-18(3)29-26(19-7-5-4-6-8-19)33(25)16-21-15-22(35-31-21)23-9-10-24(28)36-23/h4-10,15,17,20H,11-14,16H2,1-3H3,(H,30,34). The molecule has 0 atom stereocenters. The Bertz CT molecular complexity index is 1340. The Morgan fingerprint density at radius 1 is 1.19 bits per heavy atom. The summed E-state index contributed by atoms with van der Waals surface area (Å²) in [7, 11) is 0. The van der Waals surface area contributed by atoms with Crippen LogP contribution < -0.4 is 5.32 Å². The molecular formula is C27H30ClN5O2S. The molecule has 0 unspecified atom stereocenters. The number of carbonyl (C=O) groups is 1. The van der Waals surface area contributed by atoms with Gasteiger partial charge in [0, 0.05) is 36.8 Å². The van der Waals surface area contributed by atoms with Gasteiger partial charge in [0.05, 0.1) is 21.5 Å². The quantitative estimate of drug-likeness (QED) is 0.327. The molecule has 0 bridgehead atoms. The van der Waals surface area contributed by atoms with E-state index >= 15 is 0 Å². The Morgan fingerprint density at radius 3 is 2.61 bits per heavy atom. The van der Waals surface area contributed by atoms with Crippen molar-refractivity contribution in [2.45, 2.75) is 52.2 Å². The Kier molecular flexibility index (Phi) is 7.27. The van der Waals surface area contributed by atoms with E-state index in [1.807, 2.05) is 60.0 Å². The van der Waals surface area contributed by atoms with Gasteiger partial charge in [-0.05, 0) is 45.7 Å². The maximum absolute atomic E-state index is 13.6. The first kappa shape index (κ1) is 24.7. The summed E-state index contributed by atoms with van der Waals surface area (Å²) in [4.78, 5) is 21.8. The molecule has 9 heteroatoms. The van der Waals surface area contributed by atoms with Crippen molar-refractivity contribution in [3.05, 3.63) is 69.9 Å². The predicted octanol–water partition coefficient (Wildman–Crippen LogP) is 5.88. The van der Waals surface area contributed by atoms with Gasteiger partial charge in [0.1, 0.15) is 17.2 Å². The highest BCUT2D eigenvalue weighted by Gasteiger charge is 2.27. The van der Waals surface area contributed by atoms with Crippen molar-refractivity contribution < 1.29 is 9.32 Å². The molecule has 5 rings (SSSR count). The Morgan fingerprint density at radius 2 is 1.94 bits per heavy atom. The van der Waals surface area contributed by atoms with Gasteiger partial charge in [0.2, 0.25) is 0 Å². The highest BCUT2D eigenvalue weighted by molar-refractivity contribution is 7.19. The molecule has 1 aliphatic heterocycles. The number of aryl methyl sites for hydroxylation is 1. The number of hydrogen-bond donors (Lipinski definition) is 1. The molecule has 36 heavy (non-hydrogen) atoms. The average molecular weight is 524 g/mol. The van der Waals surface area contributed by atoms with Crippen molar-refractivity contribution in [3.63, 3.8) is 0 Å². The number of hydrogen-bond acceptors (Lipinski definition) is 6. The van der Waals surface area contributed by atoms with Crippen LogP contribution in [0.1, 0.15) is 48.6 Å². The number of benzene rings is 1. The molecule has 1 N–H and O–H groups in total. The maximum Gasteiger partial charge on any atom is 0.270 e. The van der Waals surface area contributed by atoms with Crippen LogP contribution in [0.3, 0.4) is 0 Å². The summed E-state index contributed by atoms with van der Waals surface area (Å²) in [6, 6.07) is 16.2. The Labute approximate surface area is 220 Å². The van der Waals surface area contributed by atoms with Gasteiger partial charge in [0.15, 0.2) is 5.76 Å². The van der Waals surface area contributed by atoms with E-state index in [0.717, 1.165) is 42.2 Å². The van der Waals surface area contributed by atoms with Crippen LogP contribution in [0.25, 0.3) is 22.0 Å². The van der Waals surface area contributed by atoms with Crippen LogP contribution >= 0.6 is 22.9 Å². The number of likely N-dealkylation sites (tertiary alicyclic amines) is 1. The van der Waals surface area contributed by atoms with Crippen molar-refractivity contribution in [2.24, 2.45) is 0 Å². The van der Waals surface area contributed by atoms with Gasteiger partial charge in [-0.15, -0.1) is 11.3 Å². The minimum absolute atomic E-state index is 0.0982. The SMILES string of the molecule is Cc1nc(-c2ccccc2)n(Cc2cc(-c3ccc(Cl)s3)on2)c1C(=O)NC1CCN(C(C)C)CC1. The number of thiophene rings is 1. The van der Waals surface area contributed by atoms with E-state index in [-0.39, 0.29) is 11.9 Å². The zero-order valence-corrected chi connectivity index (χ0v) is 22.3. The monoisotopic (exact) mass is 523 g/mol. The molecular weight excluding hydrogens is 494 g/mol. The third-order valence-corrected chi connectivity index (χ3v) is 7.92. The second-order valence-electron chi connectivity index (χ2n) is 9.49. The van der Waals surface area contributed by atoms with E-state index in [0.29, 0.717) is 39.8 Å². The lowest BCUT2D eigenvalue weighted by atomic mass is 10.0. The van der Waals surface area contributed by atoms with Gasteiger partial charge in [0.25, 0.3) is 5.91 Å². The summed E-state index contributed by atoms with van der Waals surface area (Å²) in [5.74, 6) is 1.29. The normalized spacial score (nSPS) is 15.0. The van der Waals surface area contributed by atoms with Crippen molar-refractivity contribution in [1.29, 1.82) is 0 Å². The number of nitrogens with zero attached hydrogens (tertiary/aromatic N) is 4. The average Bonchev–Trinajstić information content (AvgIpc) is 3.59. The van der Waals surface area contributed by atoms with Crippen molar-refractivity contribution in [3.8, 4) is 22.0 Å². The molecule has 1 aliphatic rings. The van der Waals surface area contributed by atoms with E-state index in [4.69, 9.17) is 21.1 Å². The molecule has 4 heterocycles. The van der Waals surface area contributed by atoms with Crippen LogP contribution in [-0.2, 0) is 6.54 Å². The van der Waals surface area contributed by atoms with Crippen molar-refractivity contribution >= 4 is 28.8 Å². The molecule has 0 saturated carbocycles. The summed E-state index contributed by atoms with van der Waals surface area (Å²) < 4.78 is 8.25. The third-order valence-electron chi connectivity index (χ3n) is 6.68. The smallest absolute Gasteiger partial charge is 0.270 e. The van der Waals surface area contributed by atoms with E-state index in [1.54, 1.807) is 0 Å². The highest BCUT2D eigenvalue weighted by atomic mass is 35.5. The summed E-state index contributed by atoms with van der Waals surface area (Å²) in [5, 5.41) is 7.56. The number of piperidine rings is 1. The van der Waals surface area contributed by atoms with E-state index in [2.05, 4.69) is 29.2 Å². The fraction of sp³-hybridized carbons (Fsp3) is 0.370. The molecule has 4 aromatic rings. The lowest BCUT2D eigenvalue weighted by Gasteiger charge is -2.34. The zero-order chi connectivity index (χ0) is 25.2. The lowest BCUT2D eigenvalue weighted by Crippen LogP contribution is -2.47. The van der Waals surface area contributed by atoms with Gasteiger partial charge in [-0.25, -0.2) is 4.98 Å². The van der Waals surface area contributed by atoms with E-state index < -0.39 is 0 Å². The second-order valence-corrected chi connectivity index (χ2v) is 11.2. The second kappa shape index (κ2) is 10.6. The van der Waals surface area contributed by atoms with Gasteiger partial charge in [-0.2, -0.15) is 0 Å². The molecule has 0 aliphatic carbocycles. The highest BCUT2D eigenvalue weighted by Crippen LogP contribution is 2.32. The van der Waals surface area contributed by atoms with Gasteiger partial charge in [-0.1, -0.05) is 47.1 Å². The first-order valence-electron chi connectivity index (χ1n) is 12.3. The molecule has 0 radical (unpaired) electrons. The summed E-state index contributed by atoms with van der Waals surface area (Å²) in [6.07, 6.45) is 1.89. The minimum Gasteiger partial charge on any atom is -0.355 e. The van der Waals surface area contributed by atoms with Crippen molar-refractivity contribution in [2.75, 3.05) is 13.1 Å². The van der Waals surface area contributed by atoms with Crippen LogP contribution in [0.2, 0.25) is 4.34 Å². The Balaban J connectivity index is 1.43. The maximum atomic E-state index is 13.6. The number of rotatable bonds is 7. The summed E-state index contributed by atoms with van der Waals surface area (Å²) in [5.41, 5.74) is 2.91. The molecule has 3 aromatic heterocycles. The van der Waals surface area contributed by atoms with Gasteiger partial charge >= 0.3 is 0 Å². The molecule has 1 fully saturated rings. The third kappa shape index (κ3) is 5.26. The first-order valence-corrected chi connectivity index (χ1v) is 13.5. The summed E-state index contributed by atoms with van der Waals surface area (Å²) >= 11 is 7.53. The number of carbonyl (C=O) groups excluding carboxylic acids is 1. The molecule has 1 saturated heterocycles. The number of amides is 1. The van der Waals surface area contributed by atoms with Crippen molar-refractivity contribution in [1.82, 2.24) is 24.9 Å². The molecule has 0 spiro atoms. The predicted molar refractivity (Wildman–Crippen MR) is 144 cm³/mol. The van der Waals surface area contributed by atoms with Gasteiger partial charge < -0.3 is 19.3 Å². The Hall–Kier alpha value is -2.94. The van der Waals surface area contributed by atoms with Crippen LogP contribution in [0, 0.1) is 6.92 Å². The fourth-order valence-corrected chi connectivity index (χ4v) is 5.74. The van der Waals surface area contributed by atoms with Crippen LogP contribution in [0.4, 0.5) is 0 Å². The molecule has 7 nitrogen and oxygen atoms in total. The topological polar surface area (TPSA) is 76.2 Å². The molecule has 1 amide bonds.